The third kappa shape index (κ3) is 5.55. The molecule has 1 N–H and O–H groups in total. The second-order valence-electron chi connectivity index (χ2n) is 6.46. The first-order valence-electron chi connectivity index (χ1n) is 9.26. The van der Waals surface area contributed by atoms with E-state index in [1.165, 1.54) is 23.8 Å². The summed E-state index contributed by atoms with van der Waals surface area (Å²) < 4.78 is 5.15. The summed E-state index contributed by atoms with van der Waals surface area (Å²) in [5.41, 5.74) is 1.97. The number of hydrogen-bond donors (Lipinski definition) is 1. The van der Waals surface area contributed by atoms with Crippen molar-refractivity contribution >= 4 is 57.8 Å². The summed E-state index contributed by atoms with van der Waals surface area (Å²) in [4.78, 5) is 38.3. The molecule has 1 aliphatic heterocycles. The number of nitrogens with zero attached hydrogens (tertiary/aromatic N) is 1. The Bertz CT molecular complexity index is 988. The number of anilines is 1. The van der Waals surface area contributed by atoms with Crippen LogP contribution in [-0.4, -0.2) is 40.7 Å². The van der Waals surface area contributed by atoms with Gasteiger partial charge in [-0.25, -0.2) is 4.79 Å². The van der Waals surface area contributed by atoms with Gasteiger partial charge in [-0.15, -0.1) is 0 Å². The highest BCUT2D eigenvalue weighted by Crippen LogP contribution is 2.32. The highest BCUT2D eigenvalue weighted by molar-refractivity contribution is 8.26. The van der Waals surface area contributed by atoms with Gasteiger partial charge in [-0.2, -0.15) is 0 Å². The number of para-hydroxylation sites is 1. The van der Waals surface area contributed by atoms with Gasteiger partial charge in [-0.1, -0.05) is 54.3 Å². The molecule has 8 heteroatoms. The summed E-state index contributed by atoms with van der Waals surface area (Å²) >= 11 is 6.56. The smallest absolute Gasteiger partial charge is 0.337 e. The van der Waals surface area contributed by atoms with Crippen LogP contribution in [0, 0.1) is 0 Å². The molecular formula is C22H20N2O4S2. The largest absolute Gasteiger partial charge is 0.465 e. The van der Waals surface area contributed by atoms with E-state index in [0.29, 0.717) is 34.2 Å². The van der Waals surface area contributed by atoms with E-state index in [2.05, 4.69) is 10.1 Å². The standard InChI is InChI=1S/C22H20N2O4S2/c1-28-21(27)16-11-9-15(10-12-16)14-18-20(26)24(22(29)30-18)13-5-8-19(25)23-17-6-3-2-4-7-17/h2-4,6-7,9-12,14H,5,8,13H2,1H3,(H,23,25)/b18-14-. The minimum atomic E-state index is -0.413. The number of thiocarbonyl (C=S) groups is 1. The van der Waals surface area contributed by atoms with Gasteiger partial charge >= 0.3 is 5.97 Å². The molecule has 1 aliphatic rings. The Hall–Kier alpha value is -2.97. The number of amides is 2. The highest BCUT2D eigenvalue weighted by Gasteiger charge is 2.31. The molecule has 2 amide bonds. The molecule has 154 valence electrons. The lowest BCUT2D eigenvalue weighted by Gasteiger charge is -2.14. The summed E-state index contributed by atoms with van der Waals surface area (Å²) in [6, 6.07) is 16.0. The fraction of sp³-hybridized carbons (Fsp3) is 0.182. The molecule has 0 aromatic heterocycles. The molecule has 6 nitrogen and oxygen atoms in total. The Morgan fingerprint density at radius 1 is 1.13 bits per heavy atom. The molecule has 0 bridgehead atoms. The molecule has 0 radical (unpaired) electrons. The van der Waals surface area contributed by atoms with E-state index in [9.17, 15) is 14.4 Å². The van der Waals surface area contributed by atoms with Crippen LogP contribution in [0.3, 0.4) is 0 Å². The molecule has 0 atom stereocenters. The summed E-state index contributed by atoms with van der Waals surface area (Å²) in [5.74, 6) is -0.692. The number of thioether (sulfide) groups is 1. The van der Waals surface area contributed by atoms with Gasteiger partial charge in [-0.3, -0.25) is 14.5 Å². The van der Waals surface area contributed by atoms with Crippen molar-refractivity contribution in [1.82, 2.24) is 4.90 Å². The molecule has 2 aromatic carbocycles. The van der Waals surface area contributed by atoms with Crippen LogP contribution in [0.2, 0.25) is 0 Å². The second kappa shape index (κ2) is 10.2. The van der Waals surface area contributed by atoms with Crippen LogP contribution in [-0.2, 0) is 14.3 Å². The number of nitrogens with one attached hydrogen (secondary N) is 1. The third-order valence-electron chi connectivity index (χ3n) is 4.35. The van der Waals surface area contributed by atoms with Crippen LogP contribution in [0.15, 0.2) is 59.5 Å². The first kappa shape index (κ1) is 21.7. The predicted molar refractivity (Wildman–Crippen MR) is 122 cm³/mol. The van der Waals surface area contributed by atoms with Gasteiger partial charge in [0.1, 0.15) is 4.32 Å². The monoisotopic (exact) mass is 440 g/mol. The number of benzene rings is 2. The number of methoxy groups -OCH3 is 1. The van der Waals surface area contributed by atoms with Crippen LogP contribution in [0.5, 0.6) is 0 Å². The van der Waals surface area contributed by atoms with Gasteiger partial charge in [0.2, 0.25) is 5.91 Å². The summed E-state index contributed by atoms with van der Waals surface area (Å²) in [5, 5.41) is 2.82. The number of hydrogen-bond acceptors (Lipinski definition) is 6. The van der Waals surface area contributed by atoms with Gasteiger partial charge in [0.25, 0.3) is 5.91 Å². The molecule has 1 heterocycles. The van der Waals surface area contributed by atoms with Gasteiger partial charge in [0.05, 0.1) is 17.6 Å². The first-order chi connectivity index (χ1) is 14.5. The van der Waals surface area contributed by atoms with Gasteiger partial charge in [0, 0.05) is 18.7 Å². The second-order valence-corrected chi connectivity index (χ2v) is 8.14. The van der Waals surface area contributed by atoms with Crippen LogP contribution < -0.4 is 5.32 Å². The van der Waals surface area contributed by atoms with Gasteiger partial charge < -0.3 is 10.1 Å². The number of rotatable bonds is 7. The lowest BCUT2D eigenvalue weighted by molar-refractivity contribution is -0.122. The topological polar surface area (TPSA) is 75.7 Å². The minimum absolute atomic E-state index is 0.104. The minimum Gasteiger partial charge on any atom is -0.465 e. The Morgan fingerprint density at radius 3 is 2.50 bits per heavy atom. The molecule has 0 aliphatic carbocycles. The van der Waals surface area contributed by atoms with Crippen molar-refractivity contribution in [2.24, 2.45) is 0 Å². The lowest BCUT2D eigenvalue weighted by Crippen LogP contribution is -2.29. The first-order valence-corrected chi connectivity index (χ1v) is 10.5. The van der Waals surface area contributed by atoms with Crippen molar-refractivity contribution in [2.75, 3.05) is 19.0 Å². The molecule has 0 unspecified atom stereocenters. The Labute approximate surface area is 184 Å². The van der Waals surface area contributed by atoms with E-state index in [1.54, 1.807) is 30.3 Å². The van der Waals surface area contributed by atoms with Crippen molar-refractivity contribution in [1.29, 1.82) is 0 Å². The van der Waals surface area contributed by atoms with Crippen LogP contribution in [0.4, 0.5) is 5.69 Å². The van der Waals surface area contributed by atoms with Crippen molar-refractivity contribution in [3.05, 3.63) is 70.6 Å². The Kier molecular flexibility index (Phi) is 7.37. The summed E-state index contributed by atoms with van der Waals surface area (Å²) in [6.45, 7) is 0.380. The normalized spacial score (nSPS) is 14.8. The fourth-order valence-electron chi connectivity index (χ4n) is 2.82. The van der Waals surface area contributed by atoms with E-state index in [4.69, 9.17) is 12.2 Å². The van der Waals surface area contributed by atoms with Gasteiger partial charge in [0.15, 0.2) is 0 Å². The molecule has 0 spiro atoms. The maximum Gasteiger partial charge on any atom is 0.337 e. The average Bonchev–Trinajstić information content (AvgIpc) is 3.01. The zero-order valence-electron chi connectivity index (χ0n) is 16.3. The molecule has 30 heavy (non-hydrogen) atoms. The number of ether oxygens (including phenoxy) is 1. The molecular weight excluding hydrogens is 420 g/mol. The van der Waals surface area contributed by atoms with Crippen molar-refractivity contribution in [3.63, 3.8) is 0 Å². The quantitative estimate of drug-likeness (QED) is 0.397. The maximum absolute atomic E-state index is 12.7. The number of esters is 1. The van der Waals surface area contributed by atoms with Gasteiger partial charge in [-0.05, 0) is 42.3 Å². The molecule has 1 fully saturated rings. The third-order valence-corrected chi connectivity index (χ3v) is 5.72. The van der Waals surface area contributed by atoms with Crippen molar-refractivity contribution < 1.29 is 19.1 Å². The molecule has 2 aromatic rings. The lowest BCUT2D eigenvalue weighted by atomic mass is 10.1. The van der Waals surface area contributed by atoms with E-state index in [0.717, 1.165) is 11.3 Å². The molecule has 0 saturated carbocycles. The SMILES string of the molecule is COC(=O)c1ccc(/C=C2\SC(=S)N(CCCC(=O)Nc3ccccc3)C2=O)cc1. The van der Waals surface area contributed by atoms with E-state index < -0.39 is 5.97 Å². The van der Waals surface area contributed by atoms with Crippen LogP contribution in [0.1, 0.15) is 28.8 Å². The fourth-order valence-corrected chi connectivity index (χ4v) is 4.13. The summed E-state index contributed by atoms with van der Waals surface area (Å²) in [6.07, 6.45) is 2.54. The van der Waals surface area contributed by atoms with Crippen LogP contribution >= 0.6 is 24.0 Å². The molecule has 1 saturated heterocycles. The Balaban J connectivity index is 1.54. The zero-order chi connectivity index (χ0) is 21.5. The number of carbonyl (C=O) groups is 3. The summed E-state index contributed by atoms with van der Waals surface area (Å²) in [7, 11) is 1.33. The van der Waals surface area contributed by atoms with Crippen molar-refractivity contribution in [2.45, 2.75) is 12.8 Å². The van der Waals surface area contributed by atoms with Crippen LogP contribution in [0.25, 0.3) is 6.08 Å². The van der Waals surface area contributed by atoms with Crippen molar-refractivity contribution in [3.8, 4) is 0 Å². The predicted octanol–water partition coefficient (Wildman–Crippen LogP) is 4.09. The average molecular weight is 441 g/mol. The Morgan fingerprint density at radius 2 is 1.83 bits per heavy atom. The zero-order valence-corrected chi connectivity index (χ0v) is 17.9. The van der Waals surface area contributed by atoms with E-state index >= 15 is 0 Å². The maximum atomic E-state index is 12.7. The van der Waals surface area contributed by atoms with E-state index in [1.807, 2.05) is 30.3 Å². The number of carbonyl (C=O) groups excluding carboxylic acids is 3. The molecule has 3 rings (SSSR count). The van der Waals surface area contributed by atoms with E-state index in [-0.39, 0.29) is 11.8 Å². The highest BCUT2D eigenvalue weighted by atomic mass is 32.2.